The van der Waals surface area contributed by atoms with E-state index in [0.29, 0.717) is 10.7 Å². The van der Waals surface area contributed by atoms with Crippen molar-refractivity contribution in [2.24, 2.45) is 0 Å². The predicted molar refractivity (Wildman–Crippen MR) is 55.0 cm³/mol. The molecule has 1 N–H and O–H groups in total. The van der Waals surface area contributed by atoms with Gasteiger partial charge in [0.1, 0.15) is 5.69 Å². The molecule has 1 aromatic heterocycles. The summed E-state index contributed by atoms with van der Waals surface area (Å²) in [5.41, 5.74) is 1.44. The Hall–Kier alpha value is -1.48. The van der Waals surface area contributed by atoms with E-state index in [0.717, 1.165) is 5.69 Å². The van der Waals surface area contributed by atoms with Crippen molar-refractivity contribution in [3.63, 3.8) is 0 Å². The molecule has 0 aliphatic heterocycles. The number of aromatic nitrogens is 2. The van der Waals surface area contributed by atoms with Gasteiger partial charge in [-0.2, -0.15) is 5.10 Å². The topological polar surface area (TPSA) is 38.0 Å². The van der Waals surface area contributed by atoms with Crippen molar-refractivity contribution in [3.05, 3.63) is 41.2 Å². The fraction of sp³-hybridized carbons (Fsp3) is 0.100. The molecule has 0 unspecified atom stereocenters. The fourth-order valence-electron chi connectivity index (χ4n) is 1.20. The van der Waals surface area contributed by atoms with Gasteiger partial charge in [-0.05, 0) is 25.1 Å². The van der Waals surface area contributed by atoms with Crippen molar-refractivity contribution in [3.8, 4) is 11.4 Å². The molecule has 0 aliphatic carbocycles. The number of benzene rings is 1. The van der Waals surface area contributed by atoms with Crippen LogP contribution in [0.1, 0.15) is 5.69 Å². The number of hydrogen-bond acceptors (Lipinski definition) is 2. The summed E-state index contributed by atoms with van der Waals surface area (Å²) >= 11 is 5.84. The largest absolute Gasteiger partial charge is 0.504 e. The van der Waals surface area contributed by atoms with Gasteiger partial charge in [-0.25, -0.2) is 4.68 Å². The van der Waals surface area contributed by atoms with Crippen LogP contribution in [0, 0.1) is 6.92 Å². The number of aryl methyl sites for hydroxylation is 1. The molecule has 1 heterocycles. The van der Waals surface area contributed by atoms with Crippen LogP contribution in [0.2, 0.25) is 5.02 Å². The van der Waals surface area contributed by atoms with E-state index in [4.69, 9.17) is 11.6 Å². The van der Waals surface area contributed by atoms with Gasteiger partial charge < -0.3 is 5.11 Å². The van der Waals surface area contributed by atoms with Gasteiger partial charge in [0.25, 0.3) is 0 Å². The van der Waals surface area contributed by atoms with E-state index in [-0.39, 0.29) is 5.75 Å². The third-order valence-corrected chi connectivity index (χ3v) is 2.18. The van der Waals surface area contributed by atoms with Crippen molar-refractivity contribution >= 4 is 11.6 Å². The molecular formula is C10H9ClN2O. The van der Waals surface area contributed by atoms with E-state index >= 15 is 0 Å². The van der Waals surface area contributed by atoms with Gasteiger partial charge in [0.2, 0.25) is 0 Å². The SMILES string of the molecule is Cc1nn(-c2cccc(Cl)c2)cc1O. The average molecular weight is 209 g/mol. The van der Waals surface area contributed by atoms with Crippen molar-refractivity contribution in [2.75, 3.05) is 0 Å². The summed E-state index contributed by atoms with van der Waals surface area (Å²) in [5, 5.41) is 14.1. The average Bonchev–Trinajstić information content (AvgIpc) is 2.47. The Labute approximate surface area is 86.6 Å². The van der Waals surface area contributed by atoms with Crippen LogP contribution in [-0.2, 0) is 0 Å². The maximum atomic E-state index is 9.35. The summed E-state index contributed by atoms with van der Waals surface area (Å²) in [6.07, 6.45) is 1.56. The van der Waals surface area contributed by atoms with Gasteiger partial charge in [-0.1, -0.05) is 17.7 Å². The molecule has 4 heteroatoms. The molecule has 0 bridgehead atoms. The summed E-state index contributed by atoms with van der Waals surface area (Å²) < 4.78 is 1.59. The molecule has 3 nitrogen and oxygen atoms in total. The zero-order valence-electron chi connectivity index (χ0n) is 7.61. The Morgan fingerprint density at radius 1 is 1.43 bits per heavy atom. The van der Waals surface area contributed by atoms with E-state index in [9.17, 15) is 5.11 Å². The van der Waals surface area contributed by atoms with E-state index < -0.39 is 0 Å². The summed E-state index contributed by atoms with van der Waals surface area (Å²) in [5.74, 6) is 0.185. The lowest BCUT2D eigenvalue weighted by atomic mass is 10.3. The predicted octanol–water partition coefficient (Wildman–Crippen LogP) is 2.54. The first-order valence-corrected chi connectivity index (χ1v) is 4.56. The number of rotatable bonds is 1. The van der Waals surface area contributed by atoms with Crippen molar-refractivity contribution in [1.29, 1.82) is 0 Å². The van der Waals surface area contributed by atoms with E-state index in [1.165, 1.54) is 0 Å². The first-order chi connectivity index (χ1) is 6.66. The van der Waals surface area contributed by atoms with Crippen molar-refractivity contribution in [2.45, 2.75) is 6.92 Å². The molecule has 14 heavy (non-hydrogen) atoms. The molecule has 2 aromatic rings. The van der Waals surface area contributed by atoms with Crippen LogP contribution in [0.5, 0.6) is 5.75 Å². The Bertz CT molecular complexity index is 445. The van der Waals surface area contributed by atoms with Gasteiger partial charge in [0.15, 0.2) is 5.75 Å². The molecule has 0 saturated heterocycles. The van der Waals surface area contributed by atoms with Crippen molar-refractivity contribution in [1.82, 2.24) is 9.78 Å². The smallest absolute Gasteiger partial charge is 0.156 e. The maximum Gasteiger partial charge on any atom is 0.156 e. The lowest BCUT2D eigenvalue weighted by Gasteiger charge is -2.00. The maximum absolute atomic E-state index is 9.35. The summed E-state index contributed by atoms with van der Waals surface area (Å²) in [6, 6.07) is 7.29. The van der Waals surface area contributed by atoms with Gasteiger partial charge in [0.05, 0.1) is 11.9 Å². The second kappa shape index (κ2) is 3.35. The minimum Gasteiger partial charge on any atom is -0.504 e. The quantitative estimate of drug-likeness (QED) is 0.782. The second-order valence-corrected chi connectivity index (χ2v) is 3.46. The molecule has 0 aliphatic rings. The van der Waals surface area contributed by atoms with Crippen LogP contribution in [0.15, 0.2) is 30.5 Å². The first kappa shape index (κ1) is 9.09. The zero-order chi connectivity index (χ0) is 10.1. The van der Waals surface area contributed by atoms with Gasteiger partial charge >= 0.3 is 0 Å². The fourth-order valence-corrected chi connectivity index (χ4v) is 1.39. The zero-order valence-corrected chi connectivity index (χ0v) is 8.36. The lowest BCUT2D eigenvalue weighted by molar-refractivity contribution is 0.471. The Kier molecular flexibility index (Phi) is 2.17. The Morgan fingerprint density at radius 3 is 2.79 bits per heavy atom. The summed E-state index contributed by atoms with van der Waals surface area (Å²) in [6.45, 7) is 1.75. The molecular weight excluding hydrogens is 200 g/mol. The molecule has 1 aromatic carbocycles. The number of halogens is 1. The first-order valence-electron chi connectivity index (χ1n) is 4.18. The third kappa shape index (κ3) is 1.59. The molecule has 0 spiro atoms. The highest BCUT2D eigenvalue weighted by atomic mass is 35.5. The second-order valence-electron chi connectivity index (χ2n) is 3.02. The number of nitrogens with zero attached hydrogens (tertiary/aromatic N) is 2. The van der Waals surface area contributed by atoms with Gasteiger partial charge in [-0.3, -0.25) is 0 Å². The highest BCUT2D eigenvalue weighted by molar-refractivity contribution is 6.30. The standard InChI is InChI=1S/C10H9ClN2O/c1-7-10(14)6-13(12-7)9-4-2-3-8(11)5-9/h2-6,14H,1H3. The molecule has 2 rings (SSSR count). The minimum atomic E-state index is 0.185. The lowest BCUT2D eigenvalue weighted by Crippen LogP contribution is -1.94. The summed E-state index contributed by atoms with van der Waals surface area (Å²) in [4.78, 5) is 0. The molecule has 72 valence electrons. The highest BCUT2D eigenvalue weighted by Gasteiger charge is 2.04. The van der Waals surface area contributed by atoms with Crippen LogP contribution in [0.4, 0.5) is 0 Å². The third-order valence-electron chi connectivity index (χ3n) is 1.95. The van der Waals surface area contributed by atoms with Crippen LogP contribution >= 0.6 is 11.6 Å². The molecule has 0 amide bonds. The number of aromatic hydroxyl groups is 1. The van der Waals surface area contributed by atoms with Crippen LogP contribution in [0.3, 0.4) is 0 Å². The van der Waals surface area contributed by atoms with Crippen LogP contribution in [0.25, 0.3) is 5.69 Å². The molecule has 0 atom stereocenters. The normalized spacial score (nSPS) is 10.4. The monoisotopic (exact) mass is 208 g/mol. The highest BCUT2D eigenvalue weighted by Crippen LogP contribution is 2.19. The van der Waals surface area contributed by atoms with Gasteiger partial charge in [0, 0.05) is 5.02 Å². The Balaban J connectivity index is 2.49. The van der Waals surface area contributed by atoms with E-state index in [2.05, 4.69) is 5.10 Å². The van der Waals surface area contributed by atoms with E-state index in [1.807, 2.05) is 12.1 Å². The van der Waals surface area contributed by atoms with Crippen LogP contribution in [-0.4, -0.2) is 14.9 Å². The minimum absolute atomic E-state index is 0.185. The molecule has 0 fully saturated rings. The summed E-state index contributed by atoms with van der Waals surface area (Å²) in [7, 11) is 0. The Morgan fingerprint density at radius 2 is 2.21 bits per heavy atom. The molecule has 0 saturated carbocycles. The molecule has 0 radical (unpaired) electrons. The van der Waals surface area contributed by atoms with Crippen LogP contribution < -0.4 is 0 Å². The number of hydrogen-bond donors (Lipinski definition) is 1. The van der Waals surface area contributed by atoms with Gasteiger partial charge in [-0.15, -0.1) is 0 Å². The van der Waals surface area contributed by atoms with Crippen molar-refractivity contribution < 1.29 is 5.11 Å². The van der Waals surface area contributed by atoms with E-state index in [1.54, 1.807) is 29.9 Å².